The Kier molecular flexibility index (Phi) is 9.68. The molecule has 3 N–H and O–H groups in total. The van der Waals surface area contributed by atoms with Crippen molar-refractivity contribution in [3.63, 3.8) is 0 Å². The molecule has 0 radical (unpaired) electrons. The number of hydrogen-bond donors (Lipinski definition) is 3. The number of H-pyrrole nitrogens is 1. The van der Waals surface area contributed by atoms with E-state index in [2.05, 4.69) is 44.5 Å². The zero-order valence-corrected chi connectivity index (χ0v) is 18.3. The van der Waals surface area contributed by atoms with Crippen molar-refractivity contribution in [2.45, 2.75) is 19.9 Å². The Bertz CT molecular complexity index is 898. The number of benzene rings is 1. The number of nitrogens with one attached hydrogen (secondary N) is 3. The van der Waals surface area contributed by atoms with E-state index in [9.17, 15) is 4.79 Å². The summed E-state index contributed by atoms with van der Waals surface area (Å²) in [6.45, 7) is 4.78. The molecule has 1 aromatic carbocycles. The molecule has 2 aromatic heterocycles. The number of hydrogen-bond acceptors (Lipinski definition) is 4. The van der Waals surface area contributed by atoms with Crippen molar-refractivity contribution in [3.8, 4) is 0 Å². The van der Waals surface area contributed by atoms with Gasteiger partial charge >= 0.3 is 0 Å². The summed E-state index contributed by atoms with van der Waals surface area (Å²) in [5.74, 6) is 0.775. The average Bonchev–Trinajstić information content (AvgIpc) is 2.88. The van der Waals surface area contributed by atoms with E-state index in [1.54, 1.807) is 17.4 Å². The van der Waals surface area contributed by atoms with Crippen LogP contribution in [0, 0.1) is 6.92 Å². The van der Waals surface area contributed by atoms with Crippen molar-refractivity contribution >= 4 is 68.8 Å². The fourth-order valence-electron chi connectivity index (χ4n) is 2.58. The summed E-state index contributed by atoms with van der Waals surface area (Å²) in [6.07, 6.45) is 0.987. The smallest absolute Gasteiger partial charge is 0.191 e. The maximum atomic E-state index is 12.1. The first kappa shape index (κ1) is 23.0. The van der Waals surface area contributed by atoms with Crippen LogP contribution in [-0.4, -0.2) is 18.1 Å². The average molecular weight is 479 g/mol. The van der Waals surface area contributed by atoms with Gasteiger partial charge in [-0.2, -0.15) is 0 Å². The predicted molar refractivity (Wildman–Crippen MR) is 121 cm³/mol. The lowest BCUT2D eigenvalue weighted by Crippen LogP contribution is -2.18. The van der Waals surface area contributed by atoms with Crippen LogP contribution in [0.4, 0.5) is 5.82 Å². The molecule has 0 amide bonds. The number of aromatic nitrogens is 1. The number of rotatable bonds is 7. The summed E-state index contributed by atoms with van der Waals surface area (Å²) < 4.78 is 1.18. The molecule has 3 aromatic rings. The maximum absolute atomic E-state index is 12.1. The second kappa shape index (κ2) is 10.9. The van der Waals surface area contributed by atoms with Gasteiger partial charge in [0.2, 0.25) is 0 Å². The minimum Gasteiger partial charge on any atom is -0.371 e. The minimum atomic E-state index is 0. The number of thiophene rings is 1. The fourth-order valence-corrected chi connectivity index (χ4v) is 4.38. The molecule has 8 heteroatoms. The van der Waals surface area contributed by atoms with E-state index in [4.69, 9.17) is 0 Å². The summed E-state index contributed by atoms with van der Waals surface area (Å²) in [5, 5.41) is 7.48. The number of aryl methyl sites for hydroxylation is 1. The van der Waals surface area contributed by atoms with Crippen LogP contribution in [0.15, 0.2) is 45.0 Å². The van der Waals surface area contributed by atoms with Crippen LogP contribution in [-0.2, 0) is 6.54 Å². The molecular formula is C18H22BrCl2N3OS. The maximum Gasteiger partial charge on any atom is 0.191 e. The molecule has 0 bridgehead atoms. The highest BCUT2D eigenvalue weighted by atomic mass is 79.9. The third kappa shape index (κ3) is 5.99. The normalized spacial score (nSPS) is 10.2. The second-order valence-corrected chi connectivity index (χ2v) is 8.22. The van der Waals surface area contributed by atoms with Gasteiger partial charge in [0.1, 0.15) is 5.82 Å². The summed E-state index contributed by atoms with van der Waals surface area (Å²) in [7, 11) is 0. The summed E-state index contributed by atoms with van der Waals surface area (Å²) >= 11 is 5.29. The molecule has 26 heavy (non-hydrogen) atoms. The van der Waals surface area contributed by atoms with Crippen LogP contribution < -0.4 is 16.1 Å². The lowest BCUT2D eigenvalue weighted by atomic mass is 10.2. The van der Waals surface area contributed by atoms with Crippen molar-refractivity contribution in [2.75, 3.05) is 18.4 Å². The zero-order valence-electron chi connectivity index (χ0n) is 14.3. The summed E-state index contributed by atoms with van der Waals surface area (Å²) in [5.41, 5.74) is 2.24. The molecule has 142 valence electrons. The monoisotopic (exact) mass is 477 g/mol. The van der Waals surface area contributed by atoms with Crippen LogP contribution in [0.25, 0.3) is 10.9 Å². The first-order chi connectivity index (χ1) is 11.6. The molecule has 3 rings (SSSR count). The molecule has 0 atom stereocenters. The molecule has 0 saturated heterocycles. The van der Waals surface area contributed by atoms with Gasteiger partial charge in [-0.05, 0) is 59.6 Å². The molecule has 0 aliphatic carbocycles. The van der Waals surface area contributed by atoms with Crippen LogP contribution in [0.3, 0.4) is 0 Å². The Balaban J connectivity index is 0.00000169. The van der Waals surface area contributed by atoms with E-state index < -0.39 is 0 Å². The molecular weight excluding hydrogens is 457 g/mol. The number of aromatic amines is 1. The molecule has 0 saturated carbocycles. The first-order valence-electron chi connectivity index (χ1n) is 7.95. The molecule has 0 aliphatic heterocycles. The van der Waals surface area contributed by atoms with Crippen molar-refractivity contribution < 1.29 is 0 Å². The number of anilines is 1. The first-order valence-corrected chi connectivity index (χ1v) is 9.56. The van der Waals surface area contributed by atoms with Gasteiger partial charge in [-0.15, -0.1) is 36.2 Å². The zero-order chi connectivity index (χ0) is 16.9. The van der Waals surface area contributed by atoms with Gasteiger partial charge in [0.15, 0.2) is 5.43 Å². The van der Waals surface area contributed by atoms with Crippen molar-refractivity contribution in [1.82, 2.24) is 10.3 Å². The Morgan fingerprint density at radius 2 is 1.92 bits per heavy atom. The van der Waals surface area contributed by atoms with Crippen LogP contribution in [0.5, 0.6) is 0 Å². The topological polar surface area (TPSA) is 56.9 Å². The van der Waals surface area contributed by atoms with Gasteiger partial charge in [-0.3, -0.25) is 4.79 Å². The van der Waals surface area contributed by atoms with Gasteiger partial charge in [0.25, 0.3) is 0 Å². The lowest BCUT2D eigenvalue weighted by Gasteiger charge is -2.08. The minimum absolute atomic E-state index is 0. The van der Waals surface area contributed by atoms with Gasteiger partial charge in [0, 0.05) is 29.4 Å². The van der Waals surface area contributed by atoms with Crippen molar-refractivity contribution in [2.24, 2.45) is 0 Å². The number of halogens is 3. The highest BCUT2D eigenvalue weighted by Crippen LogP contribution is 2.26. The highest BCUT2D eigenvalue weighted by molar-refractivity contribution is 9.11. The van der Waals surface area contributed by atoms with Crippen molar-refractivity contribution in [1.29, 1.82) is 0 Å². The number of fused-ring (bicyclic) bond motifs is 1. The Morgan fingerprint density at radius 3 is 2.65 bits per heavy atom. The van der Waals surface area contributed by atoms with Gasteiger partial charge < -0.3 is 15.6 Å². The van der Waals surface area contributed by atoms with Crippen LogP contribution >= 0.6 is 52.1 Å². The molecule has 0 aliphatic rings. The second-order valence-electron chi connectivity index (χ2n) is 5.71. The predicted octanol–water partition coefficient (Wildman–Crippen LogP) is 5.10. The van der Waals surface area contributed by atoms with Gasteiger partial charge in [-0.25, -0.2) is 0 Å². The van der Waals surface area contributed by atoms with E-state index in [-0.39, 0.29) is 30.2 Å². The van der Waals surface area contributed by atoms with Crippen LogP contribution in [0.2, 0.25) is 0 Å². The Labute approximate surface area is 177 Å². The van der Waals surface area contributed by atoms with Gasteiger partial charge in [-0.1, -0.05) is 12.1 Å². The molecule has 0 fully saturated rings. The van der Waals surface area contributed by atoms with Crippen molar-refractivity contribution in [3.05, 3.63) is 60.8 Å². The third-order valence-corrected chi connectivity index (χ3v) is 5.60. The number of pyridine rings is 1. The summed E-state index contributed by atoms with van der Waals surface area (Å²) in [6, 6.07) is 11.3. The van der Waals surface area contributed by atoms with E-state index in [0.29, 0.717) is 0 Å². The summed E-state index contributed by atoms with van der Waals surface area (Å²) in [4.78, 5) is 16.7. The number of para-hydroxylation sites is 1. The van der Waals surface area contributed by atoms with E-state index >= 15 is 0 Å². The molecule has 0 spiro atoms. The third-order valence-electron chi connectivity index (χ3n) is 3.86. The molecule has 4 nitrogen and oxygen atoms in total. The van der Waals surface area contributed by atoms with E-state index in [0.717, 1.165) is 42.8 Å². The SMILES string of the molecule is Cc1cc(Br)sc1CNCCCNc1cc(=O)c2ccccc2[nH]1.Cl.Cl. The Hall–Kier alpha value is -1.05. The highest BCUT2D eigenvalue weighted by Gasteiger charge is 2.03. The van der Waals surface area contributed by atoms with Gasteiger partial charge in [0.05, 0.1) is 9.30 Å². The molecule has 0 unspecified atom stereocenters. The quantitative estimate of drug-likeness (QED) is 0.414. The Morgan fingerprint density at radius 1 is 1.15 bits per heavy atom. The van der Waals surface area contributed by atoms with Crippen LogP contribution in [0.1, 0.15) is 16.9 Å². The largest absolute Gasteiger partial charge is 0.371 e. The lowest BCUT2D eigenvalue weighted by molar-refractivity contribution is 0.667. The van der Waals surface area contributed by atoms with E-state index in [1.807, 2.05) is 24.3 Å². The fraction of sp³-hybridized carbons (Fsp3) is 0.278. The molecule has 2 heterocycles. The van der Waals surface area contributed by atoms with E-state index in [1.165, 1.54) is 14.2 Å². The standard InChI is InChI=1S/C18H20BrN3OS.2ClH/c1-12-9-17(19)24-16(12)11-20-7-4-8-21-18-10-15(23)13-5-2-3-6-14(13)22-18;;/h2-3,5-6,9-10,20H,4,7-8,11H2,1H3,(H2,21,22,23);2*1H.